The lowest BCUT2D eigenvalue weighted by atomic mass is 10.0. The second-order valence-electron chi connectivity index (χ2n) is 3.44. The Hall–Kier alpha value is -1.17. The van der Waals surface area contributed by atoms with Crippen molar-refractivity contribution in [1.82, 2.24) is 0 Å². The molecule has 0 aromatic heterocycles. The van der Waals surface area contributed by atoms with E-state index in [1.54, 1.807) is 0 Å². The SMILES string of the molecule is CO[C@H](CCO)[C@H](O)c1ccc(O)c(F)c1. The summed E-state index contributed by atoms with van der Waals surface area (Å²) in [6.45, 7) is -0.129. The zero-order chi connectivity index (χ0) is 12.1. The van der Waals surface area contributed by atoms with E-state index in [1.165, 1.54) is 19.2 Å². The number of rotatable bonds is 5. The minimum absolute atomic E-state index is 0.129. The summed E-state index contributed by atoms with van der Waals surface area (Å²) in [5.41, 5.74) is 0.301. The van der Waals surface area contributed by atoms with Crippen LogP contribution in [0.15, 0.2) is 18.2 Å². The highest BCUT2D eigenvalue weighted by atomic mass is 19.1. The van der Waals surface area contributed by atoms with Crippen molar-refractivity contribution < 1.29 is 24.4 Å². The van der Waals surface area contributed by atoms with Gasteiger partial charge in [0, 0.05) is 13.7 Å². The van der Waals surface area contributed by atoms with E-state index in [2.05, 4.69) is 0 Å². The normalized spacial score (nSPS) is 14.8. The summed E-state index contributed by atoms with van der Waals surface area (Å²) < 4.78 is 18.0. The Balaban J connectivity index is 2.85. The van der Waals surface area contributed by atoms with E-state index in [0.29, 0.717) is 5.56 Å². The molecule has 0 aliphatic heterocycles. The average Bonchev–Trinajstić information content (AvgIpc) is 2.28. The molecule has 4 nitrogen and oxygen atoms in total. The van der Waals surface area contributed by atoms with Gasteiger partial charge in [0.2, 0.25) is 0 Å². The second kappa shape index (κ2) is 5.79. The predicted octanol–water partition coefficient (Wildman–Crippen LogP) is 0.962. The fraction of sp³-hybridized carbons (Fsp3) is 0.455. The zero-order valence-corrected chi connectivity index (χ0v) is 8.93. The van der Waals surface area contributed by atoms with Gasteiger partial charge in [-0.1, -0.05) is 6.07 Å². The van der Waals surface area contributed by atoms with Crippen LogP contribution in [0.3, 0.4) is 0 Å². The number of phenols is 1. The molecule has 0 saturated heterocycles. The van der Waals surface area contributed by atoms with E-state index in [-0.39, 0.29) is 13.0 Å². The van der Waals surface area contributed by atoms with E-state index in [0.717, 1.165) is 6.07 Å². The average molecular weight is 230 g/mol. The number of halogens is 1. The Morgan fingerprint density at radius 1 is 1.44 bits per heavy atom. The lowest BCUT2D eigenvalue weighted by Crippen LogP contribution is -2.22. The van der Waals surface area contributed by atoms with Crippen molar-refractivity contribution in [3.05, 3.63) is 29.6 Å². The minimum Gasteiger partial charge on any atom is -0.505 e. The first-order valence-electron chi connectivity index (χ1n) is 4.90. The molecule has 5 heteroatoms. The molecular weight excluding hydrogens is 215 g/mol. The molecule has 16 heavy (non-hydrogen) atoms. The van der Waals surface area contributed by atoms with Crippen molar-refractivity contribution >= 4 is 0 Å². The Kier molecular flexibility index (Phi) is 4.67. The van der Waals surface area contributed by atoms with Crippen LogP contribution in [0.4, 0.5) is 4.39 Å². The van der Waals surface area contributed by atoms with Gasteiger partial charge in [0.1, 0.15) is 6.10 Å². The molecule has 90 valence electrons. The lowest BCUT2D eigenvalue weighted by Gasteiger charge is -2.21. The van der Waals surface area contributed by atoms with Gasteiger partial charge in [0.15, 0.2) is 11.6 Å². The fourth-order valence-electron chi connectivity index (χ4n) is 1.45. The maximum Gasteiger partial charge on any atom is 0.165 e. The molecule has 0 aliphatic rings. The first-order valence-corrected chi connectivity index (χ1v) is 4.90. The Bertz CT molecular complexity index is 343. The molecule has 3 N–H and O–H groups in total. The largest absolute Gasteiger partial charge is 0.505 e. The first-order chi connectivity index (χ1) is 7.60. The number of hydrogen-bond donors (Lipinski definition) is 3. The predicted molar refractivity (Wildman–Crippen MR) is 55.5 cm³/mol. The van der Waals surface area contributed by atoms with Crippen molar-refractivity contribution in [1.29, 1.82) is 0 Å². The van der Waals surface area contributed by atoms with Crippen LogP contribution in [0.5, 0.6) is 5.75 Å². The molecule has 0 saturated carbocycles. The molecule has 0 amide bonds. The van der Waals surface area contributed by atoms with E-state index in [4.69, 9.17) is 14.9 Å². The third kappa shape index (κ3) is 2.91. The Morgan fingerprint density at radius 2 is 2.12 bits per heavy atom. The number of benzene rings is 1. The quantitative estimate of drug-likeness (QED) is 0.704. The minimum atomic E-state index is -1.03. The molecule has 1 aromatic carbocycles. The summed E-state index contributed by atoms with van der Waals surface area (Å²) >= 11 is 0. The number of methoxy groups -OCH3 is 1. The second-order valence-corrected chi connectivity index (χ2v) is 3.44. The molecule has 0 fully saturated rings. The lowest BCUT2D eigenvalue weighted by molar-refractivity contribution is -0.0254. The third-order valence-electron chi connectivity index (χ3n) is 2.38. The number of aliphatic hydroxyl groups is 2. The van der Waals surface area contributed by atoms with Gasteiger partial charge in [-0.3, -0.25) is 0 Å². The molecule has 0 heterocycles. The molecule has 0 radical (unpaired) electrons. The van der Waals surface area contributed by atoms with Crippen LogP contribution in [-0.4, -0.2) is 35.1 Å². The van der Waals surface area contributed by atoms with Gasteiger partial charge in [0.05, 0.1) is 6.10 Å². The van der Waals surface area contributed by atoms with Crippen molar-refractivity contribution in [2.24, 2.45) is 0 Å². The van der Waals surface area contributed by atoms with Crippen molar-refractivity contribution in [3.63, 3.8) is 0 Å². The van der Waals surface area contributed by atoms with Crippen LogP contribution < -0.4 is 0 Å². The molecule has 0 spiro atoms. The van der Waals surface area contributed by atoms with Crippen molar-refractivity contribution in [2.45, 2.75) is 18.6 Å². The molecule has 0 aliphatic carbocycles. The topological polar surface area (TPSA) is 69.9 Å². The zero-order valence-electron chi connectivity index (χ0n) is 8.93. The van der Waals surface area contributed by atoms with Crippen molar-refractivity contribution in [2.75, 3.05) is 13.7 Å². The molecular formula is C11H15FO4. The summed E-state index contributed by atoms with van der Waals surface area (Å²) in [5.74, 6) is -1.26. The van der Waals surface area contributed by atoms with E-state index >= 15 is 0 Å². The Morgan fingerprint density at radius 3 is 2.62 bits per heavy atom. The number of hydrogen-bond acceptors (Lipinski definition) is 4. The summed E-state index contributed by atoms with van der Waals surface area (Å²) in [5, 5.41) is 27.6. The monoisotopic (exact) mass is 230 g/mol. The maximum atomic E-state index is 13.0. The van der Waals surface area contributed by atoms with Crippen LogP contribution in [-0.2, 0) is 4.74 Å². The number of phenolic OH excluding ortho intramolecular Hbond substituents is 1. The van der Waals surface area contributed by atoms with Crippen LogP contribution in [0.25, 0.3) is 0 Å². The van der Waals surface area contributed by atoms with Gasteiger partial charge in [-0.25, -0.2) is 4.39 Å². The fourth-order valence-corrected chi connectivity index (χ4v) is 1.45. The highest BCUT2D eigenvalue weighted by Crippen LogP contribution is 2.25. The summed E-state index contributed by atoms with van der Waals surface area (Å²) in [4.78, 5) is 0. The smallest absolute Gasteiger partial charge is 0.165 e. The van der Waals surface area contributed by atoms with Gasteiger partial charge in [-0.2, -0.15) is 0 Å². The van der Waals surface area contributed by atoms with Crippen LogP contribution in [0, 0.1) is 5.82 Å². The summed E-state index contributed by atoms with van der Waals surface area (Å²) in [6, 6.07) is 3.62. The molecule has 2 atom stereocenters. The molecule has 0 bridgehead atoms. The van der Waals surface area contributed by atoms with E-state index in [9.17, 15) is 9.50 Å². The molecule has 1 aromatic rings. The number of aromatic hydroxyl groups is 1. The highest BCUT2D eigenvalue weighted by Gasteiger charge is 2.21. The summed E-state index contributed by atoms with van der Waals surface area (Å²) in [6.07, 6.45) is -1.39. The number of aliphatic hydroxyl groups excluding tert-OH is 2. The van der Waals surface area contributed by atoms with Crippen LogP contribution in [0.2, 0.25) is 0 Å². The Labute approximate surface area is 92.9 Å². The molecule has 1 rings (SSSR count). The first kappa shape index (κ1) is 12.9. The number of ether oxygens (including phenoxy) is 1. The van der Waals surface area contributed by atoms with E-state index in [1.807, 2.05) is 0 Å². The van der Waals surface area contributed by atoms with Crippen molar-refractivity contribution in [3.8, 4) is 5.75 Å². The summed E-state index contributed by atoms with van der Waals surface area (Å²) in [7, 11) is 1.40. The molecule has 0 unspecified atom stereocenters. The van der Waals surface area contributed by atoms with Crippen LogP contribution >= 0.6 is 0 Å². The highest BCUT2D eigenvalue weighted by molar-refractivity contribution is 5.29. The van der Waals surface area contributed by atoms with Gasteiger partial charge >= 0.3 is 0 Å². The van der Waals surface area contributed by atoms with Gasteiger partial charge in [0.25, 0.3) is 0 Å². The van der Waals surface area contributed by atoms with Gasteiger partial charge in [-0.05, 0) is 24.1 Å². The van der Waals surface area contributed by atoms with Gasteiger partial charge in [-0.15, -0.1) is 0 Å². The third-order valence-corrected chi connectivity index (χ3v) is 2.38. The standard InChI is InChI=1S/C11H15FO4/c1-16-10(4-5-13)11(15)7-2-3-9(14)8(12)6-7/h2-3,6,10-11,13-15H,4-5H2,1H3/t10-,11-/m1/s1. The maximum absolute atomic E-state index is 13.0. The van der Waals surface area contributed by atoms with E-state index < -0.39 is 23.8 Å². The van der Waals surface area contributed by atoms with Gasteiger partial charge < -0.3 is 20.1 Å². The van der Waals surface area contributed by atoms with Crippen LogP contribution in [0.1, 0.15) is 18.1 Å².